The summed E-state index contributed by atoms with van der Waals surface area (Å²) in [5, 5.41) is 8.74. The fourth-order valence-corrected chi connectivity index (χ4v) is 2.30. The Bertz CT molecular complexity index is 410. The summed E-state index contributed by atoms with van der Waals surface area (Å²) in [6.07, 6.45) is 14.1. The Hall–Kier alpha value is -1.58. The molecule has 0 aromatic carbocycles. The molecular formula is C20H34O4. The van der Waals surface area contributed by atoms with Crippen LogP contribution in [0.15, 0.2) is 23.8 Å². The first-order valence-electron chi connectivity index (χ1n) is 9.24. The number of allylic oxidation sites excluding steroid dienone is 1. The highest BCUT2D eigenvalue weighted by Gasteiger charge is 2.08. The molecule has 0 aliphatic carbocycles. The van der Waals surface area contributed by atoms with E-state index in [-0.39, 0.29) is 12.0 Å². The van der Waals surface area contributed by atoms with Crippen LogP contribution < -0.4 is 0 Å². The van der Waals surface area contributed by atoms with Crippen molar-refractivity contribution < 1.29 is 19.4 Å². The van der Waals surface area contributed by atoms with Gasteiger partial charge in [-0.25, -0.2) is 9.59 Å². The SMILES string of the molecule is C=C(CC=C(C)C(=O)O)C(=O)OCCCCCCCCCCCC. The molecule has 0 aliphatic rings. The minimum absolute atomic E-state index is 0.207. The molecule has 138 valence electrons. The van der Waals surface area contributed by atoms with Crippen molar-refractivity contribution in [2.24, 2.45) is 0 Å². The topological polar surface area (TPSA) is 63.6 Å². The van der Waals surface area contributed by atoms with Gasteiger partial charge in [-0.05, 0) is 19.8 Å². The van der Waals surface area contributed by atoms with E-state index in [0.29, 0.717) is 12.2 Å². The van der Waals surface area contributed by atoms with Crippen LogP contribution in [0.4, 0.5) is 0 Å². The second kappa shape index (κ2) is 15.0. The van der Waals surface area contributed by atoms with E-state index in [1.807, 2.05) is 0 Å². The third-order valence-corrected chi connectivity index (χ3v) is 4.01. The summed E-state index contributed by atoms with van der Waals surface area (Å²) in [6, 6.07) is 0. The molecule has 0 aromatic heterocycles. The largest absolute Gasteiger partial charge is 0.478 e. The van der Waals surface area contributed by atoms with Gasteiger partial charge in [-0.15, -0.1) is 0 Å². The number of carboxylic acids is 1. The summed E-state index contributed by atoms with van der Waals surface area (Å²) in [6.45, 7) is 7.78. The highest BCUT2D eigenvalue weighted by atomic mass is 16.5. The maximum Gasteiger partial charge on any atom is 0.333 e. The summed E-state index contributed by atoms with van der Waals surface area (Å²) >= 11 is 0. The van der Waals surface area contributed by atoms with E-state index in [9.17, 15) is 9.59 Å². The monoisotopic (exact) mass is 338 g/mol. The fraction of sp³-hybridized carbons (Fsp3) is 0.700. The molecule has 0 heterocycles. The molecule has 0 unspecified atom stereocenters. The van der Waals surface area contributed by atoms with Crippen molar-refractivity contribution in [3.63, 3.8) is 0 Å². The van der Waals surface area contributed by atoms with Crippen molar-refractivity contribution in [3.05, 3.63) is 23.8 Å². The van der Waals surface area contributed by atoms with Crippen molar-refractivity contribution in [2.45, 2.75) is 84.5 Å². The predicted octanol–water partition coefficient (Wildman–Crippen LogP) is 5.43. The van der Waals surface area contributed by atoms with Gasteiger partial charge in [0.15, 0.2) is 0 Å². The van der Waals surface area contributed by atoms with E-state index in [2.05, 4.69) is 13.5 Å². The van der Waals surface area contributed by atoms with Gasteiger partial charge >= 0.3 is 11.9 Å². The van der Waals surface area contributed by atoms with Crippen LogP contribution in [-0.4, -0.2) is 23.7 Å². The number of carbonyl (C=O) groups is 2. The van der Waals surface area contributed by atoms with Crippen LogP contribution in [0, 0.1) is 0 Å². The lowest BCUT2D eigenvalue weighted by Crippen LogP contribution is -2.08. The smallest absolute Gasteiger partial charge is 0.333 e. The van der Waals surface area contributed by atoms with Crippen LogP contribution >= 0.6 is 0 Å². The van der Waals surface area contributed by atoms with Crippen molar-refractivity contribution in [1.82, 2.24) is 0 Å². The van der Waals surface area contributed by atoms with Crippen molar-refractivity contribution in [3.8, 4) is 0 Å². The standard InChI is InChI=1S/C20H34O4/c1-4-5-6-7-8-9-10-11-12-13-16-24-20(23)18(3)15-14-17(2)19(21)22/h14H,3-13,15-16H2,1-2H3,(H,21,22). The molecule has 0 saturated heterocycles. The van der Waals surface area contributed by atoms with E-state index in [1.165, 1.54) is 64.4 Å². The van der Waals surface area contributed by atoms with Gasteiger partial charge in [0.05, 0.1) is 6.61 Å². The number of hydrogen-bond donors (Lipinski definition) is 1. The van der Waals surface area contributed by atoms with Crippen LogP contribution in [-0.2, 0) is 14.3 Å². The number of hydrogen-bond acceptors (Lipinski definition) is 3. The Balaban J connectivity index is 3.53. The molecular weight excluding hydrogens is 304 g/mol. The first-order valence-corrected chi connectivity index (χ1v) is 9.24. The first kappa shape index (κ1) is 22.4. The number of rotatable bonds is 15. The third-order valence-electron chi connectivity index (χ3n) is 4.01. The van der Waals surface area contributed by atoms with Crippen LogP contribution in [0.25, 0.3) is 0 Å². The second-order valence-electron chi connectivity index (χ2n) is 6.32. The summed E-state index contributed by atoms with van der Waals surface area (Å²) < 4.78 is 5.15. The average molecular weight is 338 g/mol. The van der Waals surface area contributed by atoms with Gasteiger partial charge < -0.3 is 9.84 Å². The Morgan fingerprint density at radius 2 is 1.46 bits per heavy atom. The molecule has 0 atom stereocenters. The van der Waals surface area contributed by atoms with Gasteiger partial charge in [0.25, 0.3) is 0 Å². The van der Waals surface area contributed by atoms with E-state index >= 15 is 0 Å². The Kier molecular flexibility index (Phi) is 14.0. The maximum atomic E-state index is 11.7. The zero-order valence-corrected chi connectivity index (χ0v) is 15.4. The Morgan fingerprint density at radius 1 is 0.958 bits per heavy atom. The van der Waals surface area contributed by atoms with Crippen LogP contribution in [0.2, 0.25) is 0 Å². The van der Waals surface area contributed by atoms with Crippen molar-refractivity contribution in [2.75, 3.05) is 6.61 Å². The van der Waals surface area contributed by atoms with E-state index < -0.39 is 11.9 Å². The average Bonchev–Trinajstić information content (AvgIpc) is 2.56. The number of unbranched alkanes of at least 4 members (excludes halogenated alkanes) is 9. The van der Waals surface area contributed by atoms with Crippen LogP contribution in [0.1, 0.15) is 84.5 Å². The second-order valence-corrected chi connectivity index (χ2v) is 6.32. The minimum atomic E-state index is -0.985. The summed E-state index contributed by atoms with van der Waals surface area (Å²) in [5.41, 5.74) is 0.501. The third kappa shape index (κ3) is 12.9. The van der Waals surface area contributed by atoms with Gasteiger partial charge in [0, 0.05) is 11.1 Å². The lowest BCUT2D eigenvalue weighted by Gasteiger charge is -2.06. The highest BCUT2D eigenvalue weighted by Crippen LogP contribution is 2.11. The van der Waals surface area contributed by atoms with Gasteiger partial charge in [-0.1, -0.05) is 77.4 Å². The van der Waals surface area contributed by atoms with E-state index in [0.717, 1.165) is 12.8 Å². The molecule has 0 aromatic rings. The van der Waals surface area contributed by atoms with Crippen LogP contribution in [0.5, 0.6) is 0 Å². The Morgan fingerprint density at radius 3 is 1.96 bits per heavy atom. The molecule has 0 amide bonds. The number of ether oxygens (including phenoxy) is 1. The maximum absolute atomic E-state index is 11.7. The molecule has 0 fully saturated rings. The lowest BCUT2D eigenvalue weighted by molar-refractivity contribution is -0.139. The molecule has 0 rings (SSSR count). The normalized spacial score (nSPS) is 11.3. The number of carbonyl (C=O) groups excluding carboxylic acids is 1. The number of carboxylic acid groups (broad SMARTS) is 1. The zero-order chi connectivity index (χ0) is 18.2. The number of aliphatic carboxylic acids is 1. The first-order chi connectivity index (χ1) is 11.5. The quantitative estimate of drug-likeness (QED) is 0.246. The lowest BCUT2D eigenvalue weighted by atomic mass is 10.1. The minimum Gasteiger partial charge on any atom is -0.478 e. The molecule has 1 N–H and O–H groups in total. The van der Waals surface area contributed by atoms with Crippen molar-refractivity contribution >= 4 is 11.9 Å². The van der Waals surface area contributed by atoms with Crippen LogP contribution in [0.3, 0.4) is 0 Å². The van der Waals surface area contributed by atoms with E-state index in [4.69, 9.17) is 9.84 Å². The Labute approximate surface area is 147 Å². The van der Waals surface area contributed by atoms with Gasteiger partial charge in [-0.3, -0.25) is 0 Å². The highest BCUT2D eigenvalue weighted by molar-refractivity contribution is 5.89. The molecule has 0 bridgehead atoms. The number of esters is 1. The molecule has 0 spiro atoms. The molecule has 0 aliphatic heterocycles. The summed E-state index contributed by atoms with van der Waals surface area (Å²) in [4.78, 5) is 22.3. The fourth-order valence-electron chi connectivity index (χ4n) is 2.30. The molecule has 4 heteroatoms. The van der Waals surface area contributed by atoms with Crippen molar-refractivity contribution in [1.29, 1.82) is 0 Å². The zero-order valence-electron chi connectivity index (χ0n) is 15.4. The molecule has 24 heavy (non-hydrogen) atoms. The van der Waals surface area contributed by atoms with E-state index in [1.54, 1.807) is 0 Å². The molecule has 4 nitrogen and oxygen atoms in total. The van der Waals surface area contributed by atoms with Gasteiger partial charge in [0.2, 0.25) is 0 Å². The van der Waals surface area contributed by atoms with Gasteiger partial charge in [-0.2, -0.15) is 0 Å². The summed E-state index contributed by atoms with van der Waals surface area (Å²) in [5.74, 6) is -1.41. The molecule has 0 radical (unpaired) electrons. The van der Waals surface area contributed by atoms with Gasteiger partial charge in [0.1, 0.15) is 0 Å². The molecule has 0 saturated carbocycles. The summed E-state index contributed by atoms with van der Waals surface area (Å²) in [7, 11) is 0. The predicted molar refractivity (Wildman–Crippen MR) is 98.0 cm³/mol.